The zero-order valence-electron chi connectivity index (χ0n) is 13.8. The van der Waals surface area contributed by atoms with E-state index in [2.05, 4.69) is 10.6 Å². The van der Waals surface area contributed by atoms with Crippen molar-refractivity contribution in [2.75, 3.05) is 17.2 Å². The molecule has 2 amide bonds. The fourth-order valence-corrected chi connectivity index (χ4v) is 2.28. The number of esters is 1. The smallest absolute Gasteiger partial charge is 0.340 e. The monoisotopic (exact) mass is 378 g/mol. The van der Waals surface area contributed by atoms with Crippen molar-refractivity contribution in [3.63, 3.8) is 0 Å². The van der Waals surface area contributed by atoms with E-state index in [9.17, 15) is 18.8 Å². The Morgan fingerprint density at radius 3 is 2.46 bits per heavy atom. The van der Waals surface area contributed by atoms with Crippen LogP contribution in [0.2, 0.25) is 5.02 Å². The molecule has 2 aromatic rings. The highest BCUT2D eigenvalue weighted by Gasteiger charge is 2.16. The quantitative estimate of drug-likeness (QED) is 0.594. The summed E-state index contributed by atoms with van der Waals surface area (Å²) in [4.78, 5) is 35.9. The van der Waals surface area contributed by atoms with Crippen LogP contribution in [0.1, 0.15) is 23.7 Å². The highest BCUT2D eigenvalue weighted by molar-refractivity contribution is 6.31. The number of nitrogens with one attached hydrogen (secondary N) is 2. The molecule has 0 atom stereocenters. The van der Waals surface area contributed by atoms with Crippen LogP contribution in [-0.4, -0.2) is 24.4 Å². The van der Waals surface area contributed by atoms with Gasteiger partial charge in [0, 0.05) is 5.69 Å². The second-order valence-electron chi connectivity index (χ2n) is 5.17. The number of ether oxygens (including phenoxy) is 1. The second-order valence-corrected chi connectivity index (χ2v) is 5.58. The maximum absolute atomic E-state index is 13.1. The normalized spacial score (nSPS) is 10.1. The molecule has 0 saturated carbocycles. The number of carbonyl (C=O) groups excluding carboxylic acids is 3. The van der Waals surface area contributed by atoms with Crippen molar-refractivity contribution < 1.29 is 23.5 Å². The molecule has 26 heavy (non-hydrogen) atoms. The van der Waals surface area contributed by atoms with Crippen LogP contribution in [-0.2, 0) is 14.3 Å². The SMILES string of the molecule is CCOC(=O)c1ccccc1NC(=O)CC(=O)Nc1ccc(F)c(Cl)c1. The molecule has 0 aliphatic heterocycles. The molecule has 0 radical (unpaired) electrons. The van der Waals surface area contributed by atoms with Crippen molar-refractivity contribution in [3.05, 3.63) is 58.9 Å². The molecule has 0 fully saturated rings. The largest absolute Gasteiger partial charge is 0.462 e. The molecule has 136 valence electrons. The van der Waals surface area contributed by atoms with Gasteiger partial charge in [-0.3, -0.25) is 9.59 Å². The molecule has 0 unspecified atom stereocenters. The molecule has 6 nitrogen and oxygen atoms in total. The Hall–Kier alpha value is -2.93. The van der Waals surface area contributed by atoms with Crippen molar-refractivity contribution in [2.24, 2.45) is 0 Å². The van der Waals surface area contributed by atoms with Gasteiger partial charge in [-0.1, -0.05) is 23.7 Å². The van der Waals surface area contributed by atoms with Gasteiger partial charge >= 0.3 is 5.97 Å². The van der Waals surface area contributed by atoms with Gasteiger partial charge in [0.2, 0.25) is 11.8 Å². The number of anilines is 2. The topological polar surface area (TPSA) is 84.5 Å². The van der Waals surface area contributed by atoms with Crippen LogP contribution >= 0.6 is 11.6 Å². The van der Waals surface area contributed by atoms with Crippen LogP contribution in [0.25, 0.3) is 0 Å². The lowest BCUT2D eigenvalue weighted by atomic mass is 10.1. The van der Waals surface area contributed by atoms with Crippen LogP contribution < -0.4 is 10.6 Å². The minimum absolute atomic E-state index is 0.143. The van der Waals surface area contributed by atoms with E-state index < -0.39 is 30.0 Å². The molecule has 2 aromatic carbocycles. The van der Waals surface area contributed by atoms with E-state index in [0.717, 1.165) is 6.07 Å². The average molecular weight is 379 g/mol. The summed E-state index contributed by atoms with van der Waals surface area (Å²) in [5.41, 5.74) is 0.697. The third kappa shape index (κ3) is 5.29. The Labute approximate surface area is 154 Å². The highest BCUT2D eigenvalue weighted by atomic mass is 35.5. The number of halogens is 2. The molecule has 0 saturated heterocycles. The van der Waals surface area contributed by atoms with Gasteiger partial charge in [0.25, 0.3) is 0 Å². The maximum atomic E-state index is 13.1. The highest BCUT2D eigenvalue weighted by Crippen LogP contribution is 2.20. The molecule has 0 bridgehead atoms. The molecule has 2 N–H and O–H groups in total. The zero-order valence-corrected chi connectivity index (χ0v) is 14.6. The number of hydrogen-bond donors (Lipinski definition) is 2. The van der Waals surface area contributed by atoms with Crippen molar-refractivity contribution in [1.29, 1.82) is 0 Å². The first-order valence-electron chi connectivity index (χ1n) is 7.71. The lowest BCUT2D eigenvalue weighted by Gasteiger charge is -2.10. The van der Waals surface area contributed by atoms with Crippen molar-refractivity contribution >= 4 is 40.8 Å². The third-order valence-electron chi connectivity index (χ3n) is 3.22. The summed E-state index contributed by atoms with van der Waals surface area (Å²) in [5, 5.41) is 4.80. The summed E-state index contributed by atoms with van der Waals surface area (Å²) in [7, 11) is 0. The Kier molecular flexibility index (Phi) is 6.68. The minimum atomic E-state index is -0.618. The van der Waals surface area contributed by atoms with E-state index >= 15 is 0 Å². The van der Waals surface area contributed by atoms with Crippen LogP contribution in [0.5, 0.6) is 0 Å². The van der Waals surface area contributed by atoms with E-state index in [0.29, 0.717) is 0 Å². The zero-order chi connectivity index (χ0) is 19.1. The van der Waals surface area contributed by atoms with Gasteiger partial charge in [-0.2, -0.15) is 0 Å². The van der Waals surface area contributed by atoms with Crippen LogP contribution in [0.4, 0.5) is 15.8 Å². The Bertz CT molecular complexity index is 842. The predicted molar refractivity (Wildman–Crippen MR) is 95.7 cm³/mol. The van der Waals surface area contributed by atoms with Gasteiger partial charge in [-0.15, -0.1) is 0 Å². The summed E-state index contributed by atoms with van der Waals surface area (Å²) in [6.45, 7) is 1.87. The van der Waals surface area contributed by atoms with Crippen molar-refractivity contribution in [2.45, 2.75) is 13.3 Å². The van der Waals surface area contributed by atoms with Gasteiger partial charge < -0.3 is 15.4 Å². The van der Waals surface area contributed by atoms with Crippen LogP contribution in [0.15, 0.2) is 42.5 Å². The minimum Gasteiger partial charge on any atom is -0.462 e. The van der Waals surface area contributed by atoms with E-state index in [1.165, 1.54) is 24.3 Å². The van der Waals surface area contributed by atoms with E-state index in [4.69, 9.17) is 16.3 Å². The summed E-state index contributed by atoms with van der Waals surface area (Å²) in [6.07, 6.45) is -0.494. The average Bonchev–Trinajstić information content (AvgIpc) is 2.58. The number of para-hydroxylation sites is 1. The second kappa shape index (κ2) is 8.96. The van der Waals surface area contributed by atoms with E-state index in [-0.39, 0.29) is 28.6 Å². The van der Waals surface area contributed by atoms with Gasteiger partial charge in [0.1, 0.15) is 12.2 Å². The maximum Gasteiger partial charge on any atom is 0.340 e. The molecular formula is C18H16ClFN2O4. The first-order chi connectivity index (χ1) is 12.4. The van der Waals surface area contributed by atoms with E-state index in [1.54, 1.807) is 19.1 Å². The molecule has 0 heterocycles. The van der Waals surface area contributed by atoms with E-state index in [1.807, 2.05) is 0 Å². The molecule has 0 aliphatic carbocycles. The Morgan fingerprint density at radius 2 is 1.77 bits per heavy atom. The third-order valence-corrected chi connectivity index (χ3v) is 3.51. The van der Waals surface area contributed by atoms with Crippen molar-refractivity contribution in [1.82, 2.24) is 0 Å². The predicted octanol–water partition coefficient (Wildman–Crippen LogP) is 3.62. The molecule has 0 aliphatic rings. The molecule has 2 rings (SSSR count). The number of hydrogen-bond acceptors (Lipinski definition) is 4. The summed E-state index contributed by atoms with van der Waals surface area (Å²) in [6, 6.07) is 9.98. The molecular weight excluding hydrogens is 363 g/mol. The van der Waals surface area contributed by atoms with Crippen molar-refractivity contribution in [3.8, 4) is 0 Å². The first-order valence-corrected chi connectivity index (χ1v) is 8.09. The lowest BCUT2D eigenvalue weighted by molar-refractivity contribution is -0.123. The molecule has 8 heteroatoms. The van der Waals surface area contributed by atoms with Crippen LogP contribution in [0.3, 0.4) is 0 Å². The van der Waals surface area contributed by atoms with Gasteiger partial charge in [0.15, 0.2) is 0 Å². The number of amides is 2. The van der Waals surface area contributed by atoms with Gasteiger partial charge in [-0.25, -0.2) is 9.18 Å². The summed E-state index contributed by atoms with van der Waals surface area (Å²) < 4.78 is 18.0. The molecule has 0 spiro atoms. The summed E-state index contributed by atoms with van der Waals surface area (Å²) >= 11 is 5.63. The van der Waals surface area contributed by atoms with Gasteiger partial charge in [0.05, 0.1) is 22.9 Å². The number of rotatable bonds is 6. The van der Waals surface area contributed by atoms with Gasteiger partial charge in [-0.05, 0) is 37.3 Å². The molecule has 0 aromatic heterocycles. The standard InChI is InChI=1S/C18H16ClFN2O4/c1-2-26-18(25)12-5-3-4-6-15(12)22-17(24)10-16(23)21-11-7-8-14(20)13(19)9-11/h3-9H,2,10H2,1H3,(H,21,23)(H,22,24). The lowest BCUT2D eigenvalue weighted by Crippen LogP contribution is -2.22. The first kappa shape index (κ1) is 19.4. The summed E-state index contributed by atoms with van der Waals surface area (Å²) in [5.74, 6) is -2.42. The Morgan fingerprint density at radius 1 is 1.08 bits per heavy atom. The van der Waals surface area contributed by atoms with Crippen LogP contribution in [0, 0.1) is 5.82 Å². The fourth-order valence-electron chi connectivity index (χ4n) is 2.10. The number of carbonyl (C=O) groups is 3. The fraction of sp³-hybridized carbons (Fsp3) is 0.167. The Balaban J connectivity index is 1.99. The number of benzene rings is 2.